The summed E-state index contributed by atoms with van der Waals surface area (Å²) in [5.41, 5.74) is 8.49. The standard InChI is InChI=1S/C16H25N5OS/c1-3-4-5-23-9-13(11(2)22)7-18-6-12-8-19-15-14(12)20-10-21-16(15)17/h3,8,10-11,13,18-19,22H,1,4-7,9H2,2H3,(H2,17,20,21). The van der Waals surface area contributed by atoms with Crippen LogP contribution in [-0.4, -0.2) is 44.2 Å². The normalized spacial score (nSPS) is 14.0. The molecule has 0 amide bonds. The van der Waals surface area contributed by atoms with Gasteiger partial charge < -0.3 is 21.1 Å². The van der Waals surface area contributed by atoms with Crippen LogP contribution in [-0.2, 0) is 6.54 Å². The first-order chi connectivity index (χ1) is 11.1. The van der Waals surface area contributed by atoms with Crippen molar-refractivity contribution in [3.8, 4) is 0 Å². The maximum Gasteiger partial charge on any atom is 0.151 e. The molecule has 2 atom stereocenters. The second-order valence-corrected chi connectivity index (χ2v) is 6.73. The van der Waals surface area contributed by atoms with Gasteiger partial charge in [0, 0.05) is 30.8 Å². The third-order valence-corrected chi connectivity index (χ3v) is 4.96. The molecule has 0 saturated carbocycles. The van der Waals surface area contributed by atoms with Crippen LogP contribution in [0.1, 0.15) is 18.9 Å². The molecule has 0 aliphatic rings. The van der Waals surface area contributed by atoms with E-state index in [0.29, 0.717) is 12.4 Å². The molecule has 0 radical (unpaired) electrons. The number of hydrogen-bond donors (Lipinski definition) is 4. The van der Waals surface area contributed by atoms with Crippen molar-refractivity contribution in [3.05, 3.63) is 30.7 Å². The number of aliphatic hydroxyl groups is 1. The number of allylic oxidation sites excluding steroid dienone is 1. The Morgan fingerprint density at radius 3 is 3.09 bits per heavy atom. The quantitative estimate of drug-likeness (QED) is 0.391. The molecule has 2 heterocycles. The van der Waals surface area contributed by atoms with E-state index >= 15 is 0 Å². The van der Waals surface area contributed by atoms with Crippen molar-refractivity contribution in [2.45, 2.75) is 26.0 Å². The van der Waals surface area contributed by atoms with Crippen LogP contribution in [0, 0.1) is 5.92 Å². The molecule has 2 rings (SSSR count). The molecule has 126 valence electrons. The van der Waals surface area contributed by atoms with Gasteiger partial charge in [0.1, 0.15) is 11.8 Å². The average molecular weight is 335 g/mol. The smallest absolute Gasteiger partial charge is 0.151 e. The van der Waals surface area contributed by atoms with Gasteiger partial charge in [0.15, 0.2) is 5.82 Å². The molecule has 0 aromatic carbocycles. The van der Waals surface area contributed by atoms with Crippen molar-refractivity contribution in [2.75, 3.05) is 23.8 Å². The summed E-state index contributed by atoms with van der Waals surface area (Å²) in [7, 11) is 0. The Morgan fingerprint density at radius 2 is 2.35 bits per heavy atom. The largest absolute Gasteiger partial charge is 0.393 e. The van der Waals surface area contributed by atoms with Crippen LogP contribution in [0.2, 0.25) is 0 Å². The number of aromatic nitrogens is 3. The van der Waals surface area contributed by atoms with E-state index in [0.717, 1.165) is 41.1 Å². The lowest BCUT2D eigenvalue weighted by Crippen LogP contribution is -2.31. The van der Waals surface area contributed by atoms with E-state index in [1.165, 1.54) is 6.33 Å². The molecule has 23 heavy (non-hydrogen) atoms. The molecule has 6 nitrogen and oxygen atoms in total. The van der Waals surface area contributed by atoms with E-state index in [-0.39, 0.29) is 12.0 Å². The SMILES string of the molecule is C=CCCSCC(CNCc1c[nH]c2c(N)ncnc12)C(C)O. The number of nitrogens with one attached hydrogen (secondary N) is 2. The van der Waals surface area contributed by atoms with Crippen molar-refractivity contribution in [1.29, 1.82) is 0 Å². The third kappa shape index (κ3) is 4.95. The maximum atomic E-state index is 9.92. The van der Waals surface area contributed by atoms with Crippen molar-refractivity contribution in [1.82, 2.24) is 20.3 Å². The Balaban J connectivity index is 1.86. The van der Waals surface area contributed by atoms with Crippen LogP contribution in [0.4, 0.5) is 5.82 Å². The van der Waals surface area contributed by atoms with Gasteiger partial charge in [0.05, 0.1) is 11.6 Å². The van der Waals surface area contributed by atoms with Gasteiger partial charge in [0.2, 0.25) is 0 Å². The molecule has 5 N–H and O–H groups in total. The zero-order valence-corrected chi connectivity index (χ0v) is 14.3. The van der Waals surface area contributed by atoms with E-state index in [2.05, 4.69) is 26.8 Å². The Labute approximate surface area is 141 Å². The number of nitrogen functional groups attached to an aromatic ring is 1. The number of hydrogen-bond acceptors (Lipinski definition) is 6. The van der Waals surface area contributed by atoms with Gasteiger partial charge in [-0.2, -0.15) is 11.8 Å². The Morgan fingerprint density at radius 1 is 1.52 bits per heavy atom. The van der Waals surface area contributed by atoms with Crippen molar-refractivity contribution in [2.24, 2.45) is 5.92 Å². The molecule has 0 aliphatic carbocycles. The van der Waals surface area contributed by atoms with E-state index in [1.807, 2.05) is 31.0 Å². The summed E-state index contributed by atoms with van der Waals surface area (Å²) in [5.74, 6) is 2.66. The molecule has 0 bridgehead atoms. The first-order valence-electron chi connectivity index (χ1n) is 7.77. The maximum absolute atomic E-state index is 9.92. The highest BCUT2D eigenvalue weighted by atomic mass is 32.2. The Bertz CT molecular complexity index is 628. The number of nitrogens with zero attached hydrogens (tertiary/aromatic N) is 2. The summed E-state index contributed by atoms with van der Waals surface area (Å²) in [5, 5.41) is 13.3. The minimum atomic E-state index is -0.334. The van der Waals surface area contributed by atoms with Crippen LogP contribution < -0.4 is 11.1 Å². The topological polar surface area (TPSA) is 99.9 Å². The fourth-order valence-electron chi connectivity index (χ4n) is 2.31. The highest BCUT2D eigenvalue weighted by Crippen LogP contribution is 2.19. The molecule has 0 saturated heterocycles. The second kappa shape index (κ2) is 8.90. The number of rotatable bonds is 10. The monoisotopic (exact) mass is 335 g/mol. The summed E-state index contributed by atoms with van der Waals surface area (Å²) in [4.78, 5) is 11.4. The molecule has 0 fully saturated rings. The molecular weight excluding hydrogens is 310 g/mol. The molecule has 2 aromatic rings. The van der Waals surface area contributed by atoms with Crippen molar-refractivity contribution >= 4 is 28.6 Å². The predicted octanol–water partition coefficient (Wildman–Crippen LogP) is 1.94. The number of aromatic amines is 1. The van der Waals surface area contributed by atoms with Crippen molar-refractivity contribution < 1.29 is 5.11 Å². The van der Waals surface area contributed by atoms with Gasteiger partial charge in [-0.25, -0.2) is 9.97 Å². The fraction of sp³-hybridized carbons (Fsp3) is 0.500. The number of thioether (sulfide) groups is 1. The summed E-state index contributed by atoms with van der Waals surface area (Å²) in [6, 6.07) is 0. The number of nitrogens with two attached hydrogens (primary N) is 1. The fourth-order valence-corrected chi connectivity index (χ4v) is 3.51. The van der Waals surface area contributed by atoms with Crippen molar-refractivity contribution in [3.63, 3.8) is 0 Å². The Hall–Kier alpha value is -1.57. The summed E-state index contributed by atoms with van der Waals surface area (Å²) >= 11 is 1.85. The third-order valence-electron chi connectivity index (χ3n) is 3.77. The van der Waals surface area contributed by atoms with Gasteiger partial charge in [-0.15, -0.1) is 6.58 Å². The summed E-state index contributed by atoms with van der Waals surface area (Å²) in [6.07, 6.45) is 5.97. The highest BCUT2D eigenvalue weighted by molar-refractivity contribution is 7.99. The van der Waals surface area contributed by atoms with E-state index in [9.17, 15) is 5.11 Å². The zero-order valence-electron chi connectivity index (χ0n) is 13.5. The molecule has 0 spiro atoms. The summed E-state index contributed by atoms with van der Waals surface area (Å²) < 4.78 is 0. The molecule has 7 heteroatoms. The zero-order chi connectivity index (χ0) is 16.7. The minimum Gasteiger partial charge on any atom is -0.393 e. The second-order valence-electron chi connectivity index (χ2n) is 5.58. The lowest BCUT2D eigenvalue weighted by molar-refractivity contribution is 0.136. The van der Waals surface area contributed by atoms with Crippen LogP contribution in [0.25, 0.3) is 11.0 Å². The Kier molecular flexibility index (Phi) is 6.88. The molecule has 2 aromatic heterocycles. The van der Waals surface area contributed by atoms with Crippen LogP contribution >= 0.6 is 11.8 Å². The van der Waals surface area contributed by atoms with E-state index in [1.54, 1.807) is 0 Å². The lowest BCUT2D eigenvalue weighted by Gasteiger charge is -2.20. The van der Waals surface area contributed by atoms with Crippen LogP contribution in [0.3, 0.4) is 0 Å². The molecule has 2 unspecified atom stereocenters. The molecular formula is C16H25N5OS. The molecule has 0 aliphatic heterocycles. The van der Waals surface area contributed by atoms with Gasteiger partial charge in [-0.05, 0) is 24.9 Å². The van der Waals surface area contributed by atoms with E-state index < -0.39 is 0 Å². The van der Waals surface area contributed by atoms with Gasteiger partial charge in [-0.3, -0.25) is 0 Å². The first-order valence-corrected chi connectivity index (χ1v) is 8.92. The first kappa shape index (κ1) is 17.8. The van der Waals surface area contributed by atoms with Gasteiger partial charge in [-0.1, -0.05) is 6.08 Å². The summed E-state index contributed by atoms with van der Waals surface area (Å²) in [6.45, 7) is 7.01. The van der Waals surface area contributed by atoms with Crippen LogP contribution in [0.15, 0.2) is 25.2 Å². The van der Waals surface area contributed by atoms with Gasteiger partial charge in [0.25, 0.3) is 0 Å². The van der Waals surface area contributed by atoms with E-state index in [4.69, 9.17) is 5.73 Å². The predicted molar refractivity (Wildman–Crippen MR) is 97.3 cm³/mol. The number of aliphatic hydroxyl groups excluding tert-OH is 1. The van der Waals surface area contributed by atoms with Gasteiger partial charge >= 0.3 is 0 Å². The average Bonchev–Trinajstić information content (AvgIpc) is 2.94. The minimum absolute atomic E-state index is 0.217. The van der Waals surface area contributed by atoms with Crippen LogP contribution in [0.5, 0.6) is 0 Å². The number of H-pyrrole nitrogens is 1. The lowest BCUT2D eigenvalue weighted by atomic mass is 10.1. The number of anilines is 1. The highest BCUT2D eigenvalue weighted by Gasteiger charge is 2.15. The number of fused-ring (bicyclic) bond motifs is 1.